The third-order valence-electron chi connectivity index (χ3n) is 3.18. The Morgan fingerprint density at radius 2 is 2.18 bits per heavy atom. The van der Waals surface area contributed by atoms with Gasteiger partial charge in [0.1, 0.15) is 0 Å². The van der Waals surface area contributed by atoms with Gasteiger partial charge in [-0.2, -0.15) is 0 Å². The molecule has 3 N–H and O–H groups in total. The maximum Gasteiger partial charge on any atom is 0.328 e. The Morgan fingerprint density at radius 1 is 1.47 bits per heavy atom. The molecule has 2 rings (SSSR count). The van der Waals surface area contributed by atoms with Crippen LogP contribution < -0.4 is 11.2 Å². The Morgan fingerprint density at radius 3 is 2.76 bits per heavy atom. The molecule has 1 aliphatic carbocycles. The van der Waals surface area contributed by atoms with E-state index in [1.807, 2.05) is 22.6 Å². The van der Waals surface area contributed by atoms with Crippen molar-refractivity contribution >= 4 is 22.6 Å². The zero-order chi connectivity index (χ0) is 12.6. The van der Waals surface area contributed by atoms with Gasteiger partial charge in [0.2, 0.25) is 0 Å². The molecule has 0 unspecified atom stereocenters. The smallest absolute Gasteiger partial charge is 0.328 e. The highest BCUT2D eigenvalue weighted by Crippen LogP contribution is 2.33. The van der Waals surface area contributed by atoms with Gasteiger partial charge in [0, 0.05) is 24.8 Å². The van der Waals surface area contributed by atoms with Gasteiger partial charge in [-0.15, -0.1) is 0 Å². The molecule has 1 heterocycles. The van der Waals surface area contributed by atoms with E-state index in [1.54, 1.807) is 0 Å². The predicted molar refractivity (Wildman–Crippen MR) is 68.9 cm³/mol. The number of nitrogens with one attached hydrogen (secondary N) is 1. The number of aromatic nitrogens is 2. The highest BCUT2D eigenvalue weighted by molar-refractivity contribution is 14.1. The summed E-state index contributed by atoms with van der Waals surface area (Å²) in [5.74, 6) is -0.198. The van der Waals surface area contributed by atoms with Crippen LogP contribution in [0.2, 0.25) is 0 Å². The molecule has 1 aromatic heterocycles. The van der Waals surface area contributed by atoms with Gasteiger partial charge in [-0.25, -0.2) is 4.79 Å². The molecule has 0 aliphatic heterocycles. The highest BCUT2D eigenvalue weighted by Gasteiger charge is 2.34. The second-order valence-corrected chi connectivity index (χ2v) is 5.44. The van der Waals surface area contributed by atoms with Gasteiger partial charge in [0.05, 0.1) is 9.67 Å². The minimum Gasteiger partial charge on any atom is -0.396 e. The first-order valence-corrected chi connectivity index (χ1v) is 6.40. The average molecular weight is 352 g/mol. The molecule has 1 saturated carbocycles. The summed E-state index contributed by atoms with van der Waals surface area (Å²) >= 11 is 1.86. The van der Waals surface area contributed by atoms with Crippen molar-refractivity contribution in [1.82, 2.24) is 9.55 Å². The van der Waals surface area contributed by atoms with E-state index in [4.69, 9.17) is 5.11 Å². The lowest BCUT2D eigenvalue weighted by Crippen LogP contribution is -2.33. The van der Waals surface area contributed by atoms with Crippen molar-refractivity contribution < 1.29 is 10.2 Å². The van der Waals surface area contributed by atoms with E-state index >= 15 is 0 Å². The number of H-pyrrole nitrogens is 1. The van der Waals surface area contributed by atoms with Crippen LogP contribution in [0.1, 0.15) is 18.9 Å². The average Bonchev–Trinajstić information content (AvgIpc) is 2.65. The first-order valence-electron chi connectivity index (χ1n) is 5.32. The zero-order valence-corrected chi connectivity index (χ0v) is 11.1. The van der Waals surface area contributed by atoms with Crippen LogP contribution in [0.3, 0.4) is 0 Å². The molecule has 17 heavy (non-hydrogen) atoms. The van der Waals surface area contributed by atoms with Crippen molar-refractivity contribution in [3.63, 3.8) is 0 Å². The van der Waals surface area contributed by atoms with Gasteiger partial charge >= 0.3 is 5.69 Å². The molecule has 3 atom stereocenters. The second-order valence-electron chi connectivity index (χ2n) is 4.28. The molecule has 6 nitrogen and oxygen atoms in total. The van der Waals surface area contributed by atoms with Crippen molar-refractivity contribution in [2.45, 2.75) is 25.0 Å². The molecule has 1 fully saturated rings. The van der Waals surface area contributed by atoms with Crippen molar-refractivity contribution in [3.05, 3.63) is 30.6 Å². The van der Waals surface area contributed by atoms with Gasteiger partial charge in [-0.1, -0.05) is 0 Å². The van der Waals surface area contributed by atoms with Gasteiger partial charge in [-0.3, -0.25) is 14.3 Å². The van der Waals surface area contributed by atoms with Crippen LogP contribution in [0.4, 0.5) is 0 Å². The molecule has 0 aromatic carbocycles. The van der Waals surface area contributed by atoms with Crippen molar-refractivity contribution in [1.29, 1.82) is 0 Å². The van der Waals surface area contributed by atoms with Crippen LogP contribution >= 0.6 is 22.6 Å². The van der Waals surface area contributed by atoms with Crippen LogP contribution in [-0.4, -0.2) is 32.5 Å². The molecule has 7 heteroatoms. The number of rotatable bonds is 2. The van der Waals surface area contributed by atoms with E-state index in [2.05, 4.69) is 4.98 Å². The third-order valence-corrected chi connectivity index (χ3v) is 3.95. The fraction of sp³-hybridized carbons (Fsp3) is 0.600. The van der Waals surface area contributed by atoms with Gasteiger partial charge in [0.25, 0.3) is 5.56 Å². The fourth-order valence-electron chi connectivity index (χ4n) is 2.23. The molecular weight excluding hydrogens is 339 g/mol. The van der Waals surface area contributed by atoms with E-state index in [9.17, 15) is 14.7 Å². The Bertz CT molecular complexity index is 524. The van der Waals surface area contributed by atoms with E-state index in [0.717, 1.165) is 0 Å². The molecule has 0 radical (unpaired) electrons. The minimum atomic E-state index is -0.596. The van der Waals surface area contributed by atoms with Gasteiger partial charge < -0.3 is 10.2 Å². The number of aromatic amines is 1. The molecule has 0 spiro atoms. The predicted octanol–water partition coefficient (Wildman–Crippen LogP) is -0.554. The summed E-state index contributed by atoms with van der Waals surface area (Å²) < 4.78 is 1.87. The molecule has 1 aliphatic rings. The monoisotopic (exact) mass is 352 g/mol. The van der Waals surface area contributed by atoms with Crippen molar-refractivity contribution in [3.8, 4) is 0 Å². The number of nitrogens with zero attached hydrogens (tertiary/aromatic N) is 1. The number of hydrogen-bond acceptors (Lipinski definition) is 4. The summed E-state index contributed by atoms with van der Waals surface area (Å²) in [6.45, 7) is -0.0904. The Balaban J connectivity index is 2.34. The maximum atomic E-state index is 11.6. The summed E-state index contributed by atoms with van der Waals surface area (Å²) in [6.07, 6.45) is 1.87. The molecule has 0 amide bonds. The lowest BCUT2D eigenvalue weighted by molar-refractivity contribution is 0.0906. The summed E-state index contributed by atoms with van der Waals surface area (Å²) in [5.41, 5.74) is -0.865. The Kier molecular flexibility index (Phi) is 3.69. The summed E-state index contributed by atoms with van der Waals surface area (Å²) in [7, 11) is 0. The van der Waals surface area contributed by atoms with E-state index in [0.29, 0.717) is 16.4 Å². The summed E-state index contributed by atoms with van der Waals surface area (Å²) in [4.78, 5) is 25.1. The van der Waals surface area contributed by atoms with Gasteiger partial charge in [0.15, 0.2) is 0 Å². The van der Waals surface area contributed by atoms with Crippen LogP contribution in [0.15, 0.2) is 15.8 Å². The zero-order valence-electron chi connectivity index (χ0n) is 8.97. The van der Waals surface area contributed by atoms with Crippen molar-refractivity contribution in [2.75, 3.05) is 6.61 Å². The minimum absolute atomic E-state index is 0.0904. The number of aliphatic hydroxyl groups is 2. The standard InChI is InChI=1S/C10H13IN2O4/c11-7-3-13(10(17)12-9(7)16)6-1-5(4-14)8(15)2-6/h3,5-6,8,14-15H,1-2,4H2,(H,12,16,17)/t5-,6-,8+/m1/s1. The lowest BCUT2D eigenvalue weighted by atomic mass is 10.1. The van der Waals surface area contributed by atoms with Crippen LogP contribution in [0.5, 0.6) is 0 Å². The van der Waals surface area contributed by atoms with Crippen LogP contribution in [0.25, 0.3) is 0 Å². The third kappa shape index (κ3) is 2.45. The van der Waals surface area contributed by atoms with Crippen LogP contribution in [0, 0.1) is 9.49 Å². The topological polar surface area (TPSA) is 95.3 Å². The lowest BCUT2D eigenvalue weighted by Gasteiger charge is -2.13. The second kappa shape index (κ2) is 4.91. The molecule has 1 aromatic rings. The Labute approximate surface area is 110 Å². The normalized spacial score (nSPS) is 28.5. The van der Waals surface area contributed by atoms with E-state index in [-0.39, 0.29) is 18.6 Å². The SMILES string of the molecule is O=c1[nH]c(=O)n([C@@H]2C[C@H](CO)[C@@H](O)C2)cc1I. The molecular formula is C10H13IN2O4. The van der Waals surface area contributed by atoms with E-state index < -0.39 is 17.4 Å². The number of aliphatic hydroxyl groups excluding tert-OH is 2. The largest absolute Gasteiger partial charge is 0.396 e. The molecule has 94 valence electrons. The van der Waals surface area contributed by atoms with Crippen molar-refractivity contribution in [2.24, 2.45) is 5.92 Å². The fourth-order valence-corrected chi connectivity index (χ4v) is 2.66. The summed E-state index contributed by atoms with van der Waals surface area (Å²) in [5, 5.41) is 18.7. The van der Waals surface area contributed by atoms with Gasteiger partial charge in [-0.05, 0) is 35.4 Å². The highest BCUT2D eigenvalue weighted by atomic mass is 127. The first kappa shape index (κ1) is 12.8. The van der Waals surface area contributed by atoms with Crippen LogP contribution in [-0.2, 0) is 0 Å². The number of hydrogen-bond donors (Lipinski definition) is 3. The maximum absolute atomic E-state index is 11.6. The number of halogens is 1. The molecule has 0 bridgehead atoms. The molecule has 0 saturated heterocycles. The van der Waals surface area contributed by atoms with E-state index in [1.165, 1.54) is 10.8 Å². The quantitative estimate of drug-likeness (QED) is 0.623. The Hall–Kier alpha value is -0.670. The summed E-state index contributed by atoms with van der Waals surface area (Å²) in [6, 6.07) is -0.167. The first-order chi connectivity index (χ1) is 8.02.